The number of allylic oxidation sites excluding steroid dienone is 2. The van der Waals surface area contributed by atoms with E-state index in [-0.39, 0.29) is 42.3 Å². The van der Waals surface area contributed by atoms with Crippen molar-refractivity contribution in [2.24, 2.45) is 45.3 Å². The van der Waals surface area contributed by atoms with Gasteiger partial charge >= 0.3 is 0 Å². The predicted octanol–water partition coefficient (Wildman–Crippen LogP) is 2.32. The normalized spacial score (nSPS) is 53.0. The summed E-state index contributed by atoms with van der Waals surface area (Å²) in [6.45, 7) is 17.6. The lowest BCUT2D eigenvalue weighted by atomic mass is 9.38. The minimum atomic E-state index is -1.63. The molecule has 10 unspecified atom stereocenters. The van der Waals surface area contributed by atoms with Gasteiger partial charge in [0.15, 0.2) is 18.2 Å². The summed E-state index contributed by atoms with van der Waals surface area (Å²) in [6.07, 6.45) is -7.09. The highest BCUT2D eigenvalue weighted by molar-refractivity contribution is 6.00. The molecule has 5 fully saturated rings. The Labute approximate surface area is 318 Å². The van der Waals surface area contributed by atoms with E-state index in [1.807, 2.05) is 13.8 Å². The first kappa shape index (κ1) is 40.4. The number of rotatable bonds is 6. The number of aliphatic hydroxyl groups excluding tert-OH is 6. The Morgan fingerprint density at radius 2 is 1.52 bits per heavy atom. The van der Waals surface area contributed by atoms with Crippen LogP contribution in [0.25, 0.3) is 0 Å². The third kappa shape index (κ3) is 5.61. The van der Waals surface area contributed by atoms with Gasteiger partial charge in [0.2, 0.25) is 5.78 Å². The Bertz CT molecular complexity index is 1570. The number of hydrogen-bond acceptors (Lipinski definition) is 13. The highest BCUT2D eigenvalue weighted by atomic mass is 16.8. The van der Waals surface area contributed by atoms with Gasteiger partial charge in [0, 0.05) is 35.2 Å². The lowest BCUT2D eigenvalue weighted by Crippen LogP contribution is -2.65. The van der Waals surface area contributed by atoms with Crippen LogP contribution in [0.1, 0.15) is 94.4 Å². The molecule has 0 spiro atoms. The lowest BCUT2D eigenvalue weighted by molar-refractivity contribution is -0.360. The van der Waals surface area contributed by atoms with Crippen LogP contribution in [0.4, 0.5) is 0 Å². The van der Waals surface area contributed by atoms with Crippen LogP contribution in [-0.4, -0.2) is 122 Å². The van der Waals surface area contributed by atoms with Crippen molar-refractivity contribution in [1.29, 1.82) is 0 Å². The van der Waals surface area contributed by atoms with Crippen molar-refractivity contribution in [3.05, 3.63) is 23.5 Å². The third-order valence-corrected chi connectivity index (χ3v) is 15.7. The van der Waals surface area contributed by atoms with Crippen molar-refractivity contribution in [2.45, 2.75) is 168 Å². The van der Waals surface area contributed by atoms with Gasteiger partial charge in [-0.2, -0.15) is 0 Å². The summed E-state index contributed by atoms with van der Waals surface area (Å²) < 4.78 is 30.6. The Morgan fingerprint density at radius 1 is 0.833 bits per heavy atom. The topological polar surface area (TPSA) is 202 Å². The molecule has 304 valence electrons. The lowest BCUT2D eigenvalue weighted by Gasteiger charge is -2.65. The van der Waals surface area contributed by atoms with E-state index >= 15 is 0 Å². The maximum Gasteiger partial charge on any atom is 0.202 e. The summed E-state index contributed by atoms with van der Waals surface area (Å²) in [7, 11) is 0. The molecular formula is C41H62O13. The van der Waals surface area contributed by atoms with Crippen LogP contribution >= 0.6 is 0 Å². The Kier molecular flexibility index (Phi) is 10.0. The fourth-order valence-electron chi connectivity index (χ4n) is 12.3. The zero-order valence-corrected chi connectivity index (χ0v) is 33.1. The van der Waals surface area contributed by atoms with Crippen LogP contribution in [0, 0.1) is 45.3 Å². The van der Waals surface area contributed by atoms with Crippen LogP contribution in [0.5, 0.6) is 0 Å². The monoisotopic (exact) mass is 762 g/mol. The van der Waals surface area contributed by atoms with Gasteiger partial charge in [-0.15, -0.1) is 0 Å². The van der Waals surface area contributed by atoms with E-state index in [9.17, 15) is 40.2 Å². The first-order chi connectivity index (χ1) is 25.0. The minimum absolute atomic E-state index is 0.0144. The molecule has 4 aliphatic carbocycles. The quantitative estimate of drug-likeness (QED) is 0.216. The van der Waals surface area contributed by atoms with Crippen molar-refractivity contribution in [2.75, 3.05) is 6.61 Å². The van der Waals surface area contributed by atoms with Crippen LogP contribution in [0.15, 0.2) is 23.5 Å². The van der Waals surface area contributed by atoms with Gasteiger partial charge < -0.3 is 54.3 Å². The Morgan fingerprint density at radius 3 is 2.17 bits per heavy atom. The minimum Gasteiger partial charge on any atom is -0.483 e. The molecule has 3 saturated carbocycles. The summed E-state index contributed by atoms with van der Waals surface area (Å²) in [5.41, 5.74) is -2.67. The molecule has 0 aromatic rings. The van der Waals surface area contributed by atoms with Gasteiger partial charge in [0.05, 0.1) is 24.9 Å². The molecular weight excluding hydrogens is 700 g/mol. The molecule has 7 aliphatic rings. The number of ketones is 2. The second-order valence-electron chi connectivity index (χ2n) is 19.2. The summed E-state index contributed by atoms with van der Waals surface area (Å²) >= 11 is 0. The largest absolute Gasteiger partial charge is 0.483 e. The standard InChI is InChI=1S/C41H62O13/c1-18(2)24-14-26(44)41(9,54-24)34-22(42)15-38(6)25-12-10-20-21(40(25,8)27(45)16-39(34,38)7)11-13-28(37(20,4)5)52-36-33(30(47)23(43)17-50-36)53-35-32(49)31(48)29(46)19(3)51-35/h10,14,18-19,21-23,25,28-36,42-43,46-49H,11-13,15-17H2,1-9H3/t19?,21-,22-,23?,25+,28-,29?,30?,31?,32?,33?,34?,35?,36?,38+,39-,40+,41+/m1/s1. The van der Waals surface area contributed by atoms with Crippen molar-refractivity contribution in [3.8, 4) is 0 Å². The number of carbonyl (C=O) groups excluding carboxylic acids is 2. The highest BCUT2D eigenvalue weighted by Gasteiger charge is 2.75. The summed E-state index contributed by atoms with van der Waals surface area (Å²) in [6, 6.07) is 0. The number of Topliss-reactive ketones (excluding diaryl/α,β-unsaturated/α-hetero) is 1. The molecule has 0 aromatic heterocycles. The third-order valence-electron chi connectivity index (χ3n) is 15.7. The second-order valence-corrected chi connectivity index (χ2v) is 19.2. The smallest absolute Gasteiger partial charge is 0.202 e. The summed E-state index contributed by atoms with van der Waals surface area (Å²) in [5.74, 6) is -0.149. The molecule has 18 atom stereocenters. The molecule has 7 rings (SSSR count). The first-order valence-electron chi connectivity index (χ1n) is 19.9. The van der Waals surface area contributed by atoms with Crippen molar-refractivity contribution >= 4 is 11.6 Å². The molecule has 0 aromatic carbocycles. The van der Waals surface area contributed by atoms with E-state index in [1.165, 1.54) is 6.92 Å². The maximum absolute atomic E-state index is 14.9. The predicted molar refractivity (Wildman–Crippen MR) is 192 cm³/mol. The van der Waals surface area contributed by atoms with Gasteiger partial charge in [-0.3, -0.25) is 9.59 Å². The Hall–Kier alpha value is -1.78. The molecule has 54 heavy (non-hydrogen) atoms. The second kappa shape index (κ2) is 13.4. The zero-order chi connectivity index (χ0) is 39.7. The van der Waals surface area contributed by atoms with Crippen molar-refractivity contribution in [3.63, 3.8) is 0 Å². The van der Waals surface area contributed by atoms with Gasteiger partial charge in [-0.05, 0) is 62.2 Å². The maximum atomic E-state index is 14.9. The number of aliphatic hydroxyl groups is 6. The van der Waals surface area contributed by atoms with Gasteiger partial charge in [0.1, 0.15) is 48.2 Å². The molecule has 3 heterocycles. The van der Waals surface area contributed by atoms with Crippen LogP contribution < -0.4 is 0 Å². The molecule has 6 N–H and O–H groups in total. The molecule has 0 bridgehead atoms. The van der Waals surface area contributed by atoms with E-state index in [4.69, 9.17) is 23.7 Å². The van der Waals surface area contributed by atoms with Crippen molar-refractivity contribution in [1.82, 2.24) is 0 Å². The Balaban J connectivity index is 1.14. The SMILES string of the molecule is CC(C)C1=CC(=O)[C@@](C)(C2[C@H](O)C[C@@]3(C)[C@@H]4CC=C5[C@@H](CC[C@@H](OC6OCC(O)C(O)C6OC6OC(C)C(O)C(O)C6O)C5(C)C)[C@]4(C)C(=O)C[C@]23C)O1. The number of carbonyl (C=O) groups is 2. The van der Waals surface area contributed by atoms with Crippen LogP contribution in [-0.2, 0) is 33.3 Å². The van der Waals surface area contributed by atoms with E-state index < -0.39 is 101 Å². The molecule has 0 amide bonds. The first-order valence-corrected chi connectivity index (χ1v) is 19.9. The average molecular weight is 763 g/mol. The average Bonchev–Trinajstić information content (AvgIpc) is 3.51. The molecule has 3 aliphatic heterocycles. The van der Waals surface area contributed by atoms with E-state index in [2.05, 4.69) is 40.7 Å². The summed E-state index contributed by atoms with van der Waals surface area (Å²) in [4.78, 5) is 28.5. The van der Waals surface area contributed by atoms with Crippen LogP contribution in [0.3, 0.4) is 0 Å². The van der Waals surface area contributed by atoms with Gasteiger partial charge in [-0.25, -0.2) is 0 Å². The van der Waals surface area contributed by atoms with E-state index in [0.717, 1.165) is 5.57 Å². The van der Waals surface area contributed by atoms with E-state index in [0.29, 0.717) is 31.4 Å². The number of fused-ring (bicyclic) bond motifs is 5. The fraction of sp³-hybridized carbons (Fsp3) is 0.854. The van der Waals surface area contributed by atoms with Gasteiger partial charge in [0.25, 0.3) is 0 Å². The van der Waals surface area contributed by atoms with Crippen LogP contribution in [0.2, 0.25) is 0 Å². The molecule has 2 saturated heterocycles. The fourth-order valence-corrected chi connectivity index (χ4v) is 12.3. The zero-order valence-electron chi connectivity index (χ0n) is 33.1. The number of ether oxygens (including phenoxy) is 5. The van der Waals surface area contributed by atoms with E-state index in [1.54, 1.807) is 13.0 Å². The van der Waals surface area contributed by atoms with Gasteiger partial charge in [-0.1, -0.05) is 60.1 Å². The highest BCUT2D eigenvalue weighted by Crippen LogP contribution is 2.74. The molecule has 13 nitrogen and oxygen atoms in total. The number of hydrogen-bond donors (Lipinski definition) is 6. The summed E-state index contributed by atoms with van der Waals surface area (Å²) in [5, 5.41) is 64.6. The molecule has 13 heteroatoms. The molecule has 0 radical (unpaired) electrons. The van der Waals surface area contributed by atoms with Crippen molar-refractivity contribution < 1.29 is 63.9 Å².